The van der Waals surface area contributed by atoms with Gasteiger partial charge in [-0.3, -0.25) is 0 Å². The van der Waals surface area contributed by atoms with Crippen LogP contribution in [0.25, 0.3) is 11.2 Å². The molecule has 5 heteroatoms. The van der Waals surface area contributed by atoms with E-state index in [1.165, 1.54) is 12.8 Å². The Morgan fingerprint density at radius 1 is 1.50 bits per heavy atom. The highest BCUT2D eigenvalue weighted by Crippen LogP contribution is 2.37. The molecule has 0 saturated heterocycles. The average molecular weight is 264 g/mol. The molecule has 0 bridgehead atoms. The zero-order chi connectivity index (χ0) is 12.9. The van der Waals surface area contributed by atoms with Gasteiger partial charge in [0.2, 0.25) is 0 Å². The van der Waals surface area contributed by atoms with Gasteiger partial charge in [0.1, 0.15) is 5.52 Å². The van der Waals surface area contributed by atoms with Gasteiger partial charge in [0.15, 0.2) is 10.4 Å². The Bertz CT molecular complexity index is 629. The Labute approximate surface area is 112 Å². The molecule has 2 aromatic rings. The van der Waals surface area contributed by atoms with E-state index in [1.807, 2.05) is 6.92 Å². The number of aromatic nitrogens is 4. The molecule has 1 N–H and O–H groups in total. The van der Waals surface area contributed by atoms with E-state index in [1.54, 1.807) is 0 Å². The molecule has 0 aliphatic heterocycles. The van der Waals surface area contributed by atoms with Crippen LogP contribution in [0, 0.1) is 23.5 Å². The van der Waals surface area contributed by atoms with Crippen LogP contribution in [0.5, 0.6) is 0 Å². The van der Waals surface area contributed by atoms with Crippen LogP contribution in [-0.2, 0) is 13.1 Å². The highest BCUT2D eigenvalue weighted by Gasteiger charge is 2.29. The SMILES string of the molecule is CCn1nc(C)c2[nH]c(=S)n(CC(C)C3CC3)c21. The maximum Gasteiger partial charge on any atom is 0.179 e. The molecular weight excluding hydrogens is 244 g/mol. The van der Waals surface area contributed by atoms with Gasteiger partial charge in [-0.1, -0.05) is 6.92 Å². The third-order valence-electron chi connectivity index (χ3n) is 4.03. The monoisotopic (exact) mass is 264 g/mol. The largest absolute Gasteiger partial charge is 0.328 e. The number of fused-ring (bicyclic) bond motifs is 1. The second-order valence-corrected chi connectivity index (χ2v) is 5.84. The van der Waals surface area contributed by atoms with Crippen LogP contribution in [0.3, 0.4) is 0 Å². The summed E-state index contributed by atoms with van der Waals surface area (Å²) >= 11 is 5.47. The molecule has 3 rings (SSSR count). The van der Waals surface area contributed by atoms with Gasteiger partial charge in [-0.05, 0) is 50.7 Å². The Morgan fingerprint density at radius 3 is 2.83 bits per heavy atom. The summed E-state index contributed by atoms with van der Waals surface area (Å²) in [5, 5.41) is 4.56. The summed E-state index contributed by atoms with van der Waals surface area (Å²) in [7, 11) is 0. The number of nitrogens with zero attached hydrogens (tertiary/aromatic N) is 3. The van der Waals surface area contributed by atoms with Crippen LogP contribution in [0.15, 0.2) is 0 Å². The summed E-state index contributed by atoms with van der Waals surface area (Å²) in [6, 6.07) is 0. The van der Waals surface area contributed by atoms with E-state index in [9.17, 15) is 0 Å². The first kappa shape index (κ1) is 12.0. The molecule has 0 spiro atoms. The van der Waals surface area contributed by atoms with Crippen molar-refractivity contribution in [2.24, 2.45) is 11.8 Å². The van der Waals surface area contributed by atoms with Crippen molar-refractivity contribution >= 4 is 23.4 Å². The van der Waals surface area contributed by atoms with Crippen molar-refractivity contribution in [3.63, 3.8) is 0 Å². The third kappa shape index (κ3) is 1.81. The molecule has 0 radical (unpaired) electrons. The Hall–Kier alpha value is -1.10. The molecule has 4 nitrogen and oxygen atoms in total. The topological polar surface area (TPSA) is 38.5 Å². The summed E-state index contributed by atoms with van der Waals surface area (Å²) in [5.74, 6) is 1.60. The molecule has 2 heterocycles. The van der Waals surface area contributed by atoms with Crippen molar-refractivity contribution < 1.29 is 0 Å². The maximum absolute atomic E-state index is 5.47. The first-order valence-electron chi connectivity index (χ1n) is 6.77. The van der Waals surface area contributed by atoms with Gasteiger partial charge < -0.3 is 9.55 Å². The van der Waals surface area contributed by atoms with Crippen molar-refractivity contribution in [3.05, 3.63) is 10.5 Å². The predicted octanol–water partition coefficient (Wildman–Crippen LogP) is 3.27. The van der Waals surface area contributed by atoms with E-state index in [2.05, 4.69) is 33.2 Å². The zero-order valence-corrected chi connectivity index (χ0v) is 12.0. The minimum atomic E-state index is 0.705. The van der Waals surface area contributed by atoms with Gasteiger partial charge in [0.25, 0.3) is 0 Å². The van der Waals surface area contributed by atoms with Crippen molar-refractivity contribution in [1.82, 2.24) is 19.3 Å². The summed E-state index contributed by atoms with van der Waals surface area (Å²) < 4.78 is 5.12. The van der Waals surface area contributed by atoms with E-state index in [0.717, 1.165) is 40.6 Å². The molecule has 0 aromatic carbocycles. The van der Waals surface area contributed by atoms with Crippen molar-refractivity contribution in [2.45, 2.75) is 46.7 Å². The molecule has 1 aliphatic carbocycles. The van der Waals surface area contributed by atoms with E-state index in [-0.39, 0.29) is 0 Å². The standard InChI is InChI=1S/C13H20N4S/c1-4-17-12-11(9(3)15-17)14-13(18)16(12)7-8(2)10-5-6-10/h8,10H,4-7H2,1-3H3,(H,14,18). The van der Waals surface area contributed by atoms with Crippen molar-refractivity contribution in [3.8, 4) is 0 Å². The lowest BCUT2D eigenvalue weighted by Crippen LogP contribution is -2.12. The highest BCUT2D eigenvalue weighted by atomic mass is 32.1. The number of rotatable bonds is 4. The van der Waals surface area contributed by atoms with E-state index < -0.39 is 0 Å². The van der Waals surface area contributed by atoms with Crippen LogP contribution in [0.2, 0.25) is 0 Å². The lowest BCUT2D eigenvalue weighted by Gasteiger charge is -2.12. The number of aryl methyl sites for hydroxylation is 2. The van der Waals surface area contributed by atoms with Gasteiger partial charge in [-0.15, -0.1) is 0 Å². The van der Waals surface area contributed by atoms with Crippen LogP contribution in [0.1, 0.15) is 32.4 Å². The molecule has 1 aliphatic rings. The summed E-state index contributed by atoms with van der Waals surface area (Å²) in [6.07, 6.45) is 2.77. The molecule has 98 valence electrons. The number of aromatic amines is 1. The third-order valence-corrected chi connectivity index (χ3v) is 4.35. The Kier molecular flexibility index (Phi) is 2.81. The molecule has 0 amide bonds. The van der Waals surface area contributed by atoms with Crippen LogP contribution < -0.4 is 0 Å². The number of nitrogens with one attached hydrogen (secondary N) is 1. The lowest BCUT2D eigenvalue weighted by molar-refractivity contribution is 0.428. The molecular formula is C13H20N4S. The zero-order valence-electron chi connectivity index (χ0n) is 11.2. The molecule has 2 aromatic heterocycles. The van der Waals surface area contributed by atoms with Gasteiger partial charge in [-0.25, -0.2) is 4.68 Å². The first-order valence-corrected chi connectivity index (χ1v) is 7.18. The minimum absolute atomic E-state index is 0.705. The first-order chi connectivity index (χ1) is 8.61. The number of hydrogen-bond acceptors (Lipinski definition) is 2. The summed E-state index contributed by atoms with van der Waals surface area (Å²) in [4.78, 5) is 3.31. The second kappa shape index (κ2) is 4.23. The predicted molar refractivity (Wildman–Crippen MR) is 75.2 cm³/mol. The summed E-state index contributed by atoms with van der Waals surface area (Å²) in [5.41, 5.74) is 3.30. The normalized spacial score (nSPS) is 17.5. The van der Waals surface area contributed by atoms with Gasteiger partial charge >= 0.3 is 0 Å². The quantitative estimate of drug-likeness (QED) is 0.861. The van der Waals surface area contributed by atoms with Crippen molar-refractivity contribution in [1.29, 1.82) is 0 Å². The number of imidazole rings is 1. The van der Waals surface area contributed by atoms with Crippen LogP contribution >= 0.6 is 12.2 Å². The molecule has 1 atom stereocenters. The second-order valence-electron chi connectivity index (χ2n) is 5.46. The average Bonchev–Trinajstić information content (AvgIpc) is 3.08. The van der Waals surface area contributed by atoms with E-state index in [4.69, 9.17) is 12.2 Å². The minimum Gasteiger partial charge on any atom is -0.328 e. The molecule has 1 unspecified atom stereocenters. The fourth-order valence-corrected chi connectivity index (χ4v) is 3.02. The van der Waals surface area contributed by atoms with Crippen LogP contribution in [-0.4, -0.2) is 19.3 Å². The fourth-order valence-electron chi connectivity index (χ4n) is 2.75. The molecule has 1 fully saturated rings. The Morgan fingerprint density at radius 2 is 2.22 bits per heavy atom. The smallest absolute Gasteiger partial charge is 0.179 e. The number of hydrogen-bond donors (Lipinski definition) is 1. The maximum atomic E-state index is 5.47. The van der Waals surface area contributed by atoms with Crippen molar-refractivity contribution in [2.75, 3.05) is 0 Å². The molecule has 1 saturated carbocycles. The molecule has 18 heavy (non-hydrogen) atoms. The van der Waals surface area contributed by atoms with Gasteiger partial charge in [-0.2, -0.15) is 5.10 Å². The summed E-state index contributed by atoms with van der Waals surface area (Å²) in [6.45, 7) is 8.38. The van der Waals surface area contributed by atoms with E-state index in [0.29, 0.717) is 5.92 Å². The highest BCUT2D eigenvalue weighted by molar-refractivity contribution is 7.71. The van der Waals surface area contributed by atoms with Gasteiger partial charge in [0, 0.05) is 13.1 Å². The van der Waals surface area contributed by atoms with Crippen LogP contribution in [0.4, 0.5) is 0 Å². The fraction of sp³-hybridized carbons (Fsp3) is 0.692. The lowest BCUT2D eigenvalue weighted by atomic mass is 10.1. The Balaban J connectivity index is 2.08. The van der Waals surface area contributed by atoms with Gasteiger partial charge in [0.05, 0.1) is 5.69 Å². The van der Waals surface area contributed by atoms with E-state index >= 15 is 0 Å². The number of H-pyrrole nitrogens is 1.